The maximum Gasteiger partial charge on any atom is 0.490 e. The summed E-state index contributed by atoms with van der Waals surface area (Å²) in [5.74, 6) is -2.30. The summed E-state index contributed by atoms with van der Waals surface area (Å²) in [5.41, 5.74) is 5.03. The van der Waals surface area contributed by atoms with Gasteiger partial charge in [-0.1, -0.05) is 0 Å². The summed E-state index contributed by atoms with van der Waals surface area (Å²) in [7, 11) is 0. The maximum atomic E-state index is 10.6. The van der Waals surface area contributed by atoms with Crippen LogP contribution in [-0.2, 0) is 28.9 Å². The van der Waals surface area contributed by atoms with Gasteiger partial charge in [-0.3, -0.25) is 4.90 Å². The zero-order valence-corrected chi connectivity index (χ0v) is 17.3. The molecular formula is C19H23F3N4O3S. The molecule has 164 valence electrons. The third kappa shape index (κ3) is 5.96. The molecule has 2 aliphatic heterocycles. The van der Waals surface area contributed by atoms with Crippen LogP contribution in [0.25, 0.3) is 0 Å². The second kappa shape index (κ2) is 9.80. The molecule has 1 N–H and O–H groups in total. The minimum absolute atomic E-state index is 0.458. The Morgan fingerprint density at radius 1 is 1.33 bits per heavy atom. The van der Waals surface area contributed by atoms with Crippen LogP contribution in [0.4, 0.5) is 13.2 Å². The number of fused-ring (bicyclic) bond motifs is 1. The summed E-state index contributed by atoms with van der Waals surface area (Å²) in [6.45, 7) is 6.77. The van der Waals surface area contributed by atoms with Crippen LogP contribution in [0.15, 0.2) is 11.7 Å². The number of alkyl halides is 3. The van der Waals surface area contributed by atoms with Gasteiger partial charge in [-0.2, -0.15) is 13.2 Å². The molecule has 2 aromatic heterocycles. The number of rotatable bonds is 3. The third-order valence-electron chi connectivity index (χ3n) is 5.02. The summed E-state index contributed by atoms with van der Waals surface area (Å²) in [4.78, 5) is 25.2. The molecule has 11 heteroatoms. The van der Waals surface area contributed by atoms with Crippen LogP contribution in [0.5, 0.6) is 0 Å². The molecule has 0 saturated carbocycles. The van der Waals surface area contributed by atoms with Crippen LogP contribution in [0.2, 0.25) is 0 Å². The monoisotopic (exact) mass is 444 g/mol. The van der Waals surface area contributed by atoms with E-state index in [1.807, 2.05) is 0 Å². The zero-order valence-electron chi connectivity index (χ0n) is 16.5. The Kier molecular flexibility index (Phi) is 7.37. The van der Waals surface area contributed by atoms with Crippen LogP contribution >= 0.6 is 11.3 Å². The van der Waals surface area contributed by atoms with Crippen molar-refractivity contribution in [3.8, 4) is 0 Å². The molecule has 0 spiro atoms. The van der Waals surface area contributed by atoms with Gasteiger partial charge < -0.3 is 9.84 Å². The maximum absolute atomic E-state index is 10.6. The van der Waals surface area contributed by atoms with E-state index in [1.165, 1.54) is 22.6 Å². The molecule has 2 aromatic rings. The van der Waals surface area contributed by atoms with Crippen molar-refractivity contribution in [1.29, 1.82) is 0 Å². The molecule has 0 aromatic carbocycles. The van der Waals surface area contributed by atoms with E-state index in [1.54, 1.807) is 17.7 Å². The second-order valence-electron chi connectivity index (χ2n) is 7.18. The molecule has 1 saturated heterocycles. The summed E-state index contributed by atoms with van der Waals surface area (Å²) in [6.07, 6.45) is -0.218. The first-order valence-corrected chi connectivity index (χ1v) is 10.5. The lowest BCUT2D eigenvalue weighted by atomic mass is 9.96. The number of hydrogen-bond acceptors (Lipinski definition) is 7. The van der Waals surface area contributed by atoms with Crippen molar-refractivity contribution in [3.63, 3.8) is 0 Å². The Balaban J connectivity index is 0.000000318. The number of thiazole rings is 1. The molecule has 4 heterocycles. The number of carboxylic acid groups (broad SMARTS) is 1. The second-order valence-corrected chi connectivity index (χ2v) is 8.24. The molecule has 2 aliphatic rings. The van der Waals surface area contributed by atoms with Crippen molar-refractivity contribution < 1.29 is 27.8 Å². The number of aliphatic carboxylic acids is 1. The number of nitrogens with zero attached hydrogens (tertiary/aromatic N) is 4. The van der Waals surface area contributed by atoms with Crippen molar-refractivity contribution >= 4 is 17.3 Å². The average Bonchev–Trinajstić information content (AvgIpc) is 3.31. The van der Waals surface area contributed by atoms with Gasteiger partial charge in [0.2, 0.25) is 0 Å². The first-order chi connectivity index (χ1) is 14.2. The van der Waals surface area contributed by atoms with E-state index < -0.39 is 12.1 Å². The van der Waals surface area contributed by atoms with Crippen molar-refractivity contribution in [2.24, 2.45) is 0 Å². The fourth-order valence-corrected chi connectivity index (χ4v) is 4.17. The van der Waals surface area contributed by atoms with E-state index in [-0.39, 0.29) is 0 Å². The molecule has 1 atom stereocenters. The highest BCUT2D eigenvalue weighted by atomic mass is 32.1. The van der Waals surface area contributed by atoms with E-state index in [0.717, 1.165) is 57.1 Å². The highest BCUT2D eigenvalue weighted by Crippen LogP contribution is 2.29. The third-order valence-corrected chi connectivity index (χ3v) is 5.84. The molecule has 0 aliphatic carbocycles. The first kappa shape index (κ1) is 22.6. The number of carboxylic acids is 1. The topological polar surface area (TPSA) is 88.4 Å². The standard InChI is InChI=1S/C17H22N4OS.C2HF3O2/c1-12-20-14(10-23-12)8-21-5-2-15-16(3-6-21)18-11-19-17(15)13-4-7-22-9-13;3-2(4,5)1(6)7/h10-11,13H,2-9H2,1H3;(H,6,7). The van der Waals surface area contributed by atoms with Gasteiger partial charge in [0.05, 0.1) is 23.0 Å². The first-order valence-electron chi connectivity index (χ1n) is 9.58. The van der Waals surface area contributed by atoms with Crippen LogP contribution < -0.4 is 0 Å². The minimum atomic E-state index is -5.08. The number of aryl methyl sites for hydroxylation is 1. The molecule has 1 unspecified atom stereocenters. The molecule has 0 radical (unpaired) electrons. The number of carbonyl (C=O) groups is 1. The number of aromatic nitrogens is 3. The van der Waals surface area contributed by atoms with Gasteiger partial charge in [0.15, 0.2) is 0 Å². The number of halogens is 3. The normalized spacial score (nSPS) is 19.5. The molecule has 7 nitrogen and oxygen atoms in total. The lowest BCUT2D eigenvalue weighted by molar-refractivity contribution is -0.192. The van der Waals surface area contributed by atoms with Crippen LogP contribution in [0.3, 0.4) is 0 Å². The zero-order chi connectivity index (χ0) is 21.7. The van der Waals surface area contributed by atoms with Crippen LogP contribution in [0.1, 0.15) is 40.0 Å². The number of ether oxygens (including phenoxy) is 1. The molecule has 4 rings (SSSR count). The van der Waals surface area contributed by atoms with E-state index in [0.29, 0.717) is 5.92 Å². The summed E-state index contributed by atoms with van der Waals surface area (Å²) in [5, 5.41) is 10.4. The average molecular weight is 444 g/mol. The Morgan fingerprint density at radius 2 is 2.07 bits per heavy atom. The Hall–Kier alpha value is -2.11. The fourth-order valence-electron chi connectivity index (χ4n) is 3.57. The molecule has 0 bridgehead atoms. The van der Waals surface area contributed by atoms with Gasteiger partial charge in [0.25, 0.3) is 0 Å². The van der Waals surface area contributed by atoms with E-state index in [9.17, 15) is 13.2 Å². The Morgan fingerprint density at radius 3 is 2.67 bits per heavy atom. The van der Waals surface area contributed by atoms with Crippen LogP contribution in [0, 0.1) is 6.92 Å². The van der Waals surface area contributed by atoms with Gasteiger partial charge in [0, 0.05) is 49.7 Å². The van der Waals surface area contributed by atoms with Gasteiger partial charge in [-0.25, -0.2) is 19.7 Å². The number of hydrogen-bond donors (Lipinski definition) is 1. The fraction of sp³-hybridized carbons (Fsp3) is 0.579. The SMILES string of the molecule is Cc1nc(CN2CCc3ncnc(C4CCOC4)c3CC2)cs1.O=C(O)C(F)(F)F. The predicted molar refractivity (Wildman–Crippen MR) is 103 cm³/mol. The molecule has 0 amide bonds. The smallest absolute Gasteiger partial charge is 0.475 e. The summed E-state index contributed by atoms with van der Waals surface area (Å²) in [6, 6.07) is 0. The lowest BCUT2D eigenvalue weighted by Crippen LogP contribution is -2.26. The summed E-state index contributed by atoms with van der Waals surface area (Å²) < 4.78 is 37.3. The van der Waals surface area contributed by atoms with Crippen molar-refractivity contribution in [3.05, 3.63) is 39.4 Å². The van der Waals surface area contributed by atoms with E-state index in [4.69, 9.17) is 14.6 Å². The Bertz CT molecular complexity index is 869. The van der Waals surface area contributed by atoms with Crippen molar-refractivity contribution in [2.45, 2.75) is 44.8 Å². The largest absolute Gasteiger partial charge is 0.490 e. The van der Waals surface area contributed by atoms with E-state index >= 15 is 0 Å². The highest BCUT2D eigenvalue weighted by Gasteiger charge is 2.38. The van der Waals surface area contributed by atoms with Gasteiger partial charge in [-0.15, -0.1) is 11.3 Å². The Labute approximate surface area is 175 Å². The van der Waals surface area contributed by atoms with Gasteiger partial charge >= 0.3 is 12.1 Å². The van der Waals surface area contributed by atoms with E-state index in [2.05, 4.69) is 32.2 Å². The highest BCUT2D eigenvalue weighted by molar-refractivity contribution is 7.09. The lowest BCUT2D eigenvalue weighted by Gasteiger charge is -2.18. The predicted octanol–water partition coefficient (Wildman–Crippen LogP) is 2.98. The van der Waals surface area contributed by atoms with Gasteiger partial charge in [-0.05, 0) is 25.3 Å². The van der Waals surface area contributed by atoms with Crippen molar-refractivity contribution in [1.82, 2.24) is 19.9 Å². The molecule has 30 heavy (non-hydrogen) atoms. The molecular weight excluding hydrogens is 421 g/mol. The minimum Gasteiger partial charge on any atom is -0.475 e. The van der Waals surface area contributed by atoms with Gasteiger partial charge in [0.1, 0.15) is 6.33 Å². The summed E-state index contributed by atoms with van der Waals surface area (Å²) >= 11 is 1.73. The quantitative estimate of drug-likeness (QED) is 0.779. The van der Waals surface area contributed by atoms with Crippen LogP contribution in [-0.4, -0.2) is 63.4 Å². The molecule has 1 fully saturated rings. The van der Waals surface area contributed by atoms with Crippen molar-refractivity contribution in [2.75, 3.05) is 26.3 Å².